The van der Waals surface area contributed by atoms with Gasteiger partial charge in [0.25, 0.3) is 0 Å². The van der Waals surface area contributed by atoms with Gasteiger partial charge in [-0.05, 0) is 30.5 Å². The van der Waals surface area contributed by atoms with Crippen LogP contribution >= 0.6 is 0 Å². The maximum Gasteiger partial charge on any atom is 0.414 e. The molecule has 2 aliphatic rings. The zero-order chi connectivity index (χ0) is 21.2. The van der Waals surface area contributed by atoms with Crippen molar-refractivity contribution < 1.29 is 29.3 Å². The van der Waals surface area contributed by atoms with E-state index in [0.717, 1.165) is 51.6 Å². The van der Waals surface area contributed by atoms with Gasteiger partial charge < -0.3 is 19.8 Å². The van der Waals surface area contributed by atoms with E-state index in [1.165, 1.54) is 18.4 Å². The Morgan fingerprint density at radius 2 is 1.38 bits per heavy atom. The fourth-order valence-electron chi connectivity index (χ4n) is 3.35. The molecule has 0 radical (unpaired) electrons. The Labute approximate surface area is 170 Å². The zero-order valence-electron chi connectivity index (χ0n) is 16.7. The molecule has 3 rings (SSSR count). The number of carbonyl (C=O) groups excluding carboxylic acids is 1. The molecule has 0 spiro atoms. The smallest absolute Gasteiger partial charge is 0.414 e. The minimum atomic E-state index is -1.82. The Morgan fingerprint density at radius 3 is 1.86 bits per heavy atom. The van der Waals surface area contributed by atoms with Crippen molar-refractivity contribution in [1.82, 2.24) is 14.7 Å². The molecule has 2 aliphatic heterocycles. The molecule has 0 bridgehead atoms. The highest BCUT2D eigenvalue weighted by atomic mass is 16.5. The van der Waals surface area contributed by atoms with Crippen LogP contribution in [0.4, 0.5) is 0 Å². The number of carboxylic acid groups (broad SMARTS) is 2. The van der Waals surface area contributed by atoms with Crippen molar-refractivity contribution in [2.75, 3.05) is 52.9 Å². The highest BCUT2D eigenvalue weighted by molar-refractivity contribution is 6.27. The summed E-state index contributed by atoms with van der Waals surface area (Å²) in [5, 5.41) is 14.8. The van der Waals surface area contributed by atoms with E-state index in [1.807, 2.05) is 17.0 Å². The van der Waals surface area contributed by atoms with Crippen molar-refractivity contribution in [3.8, 4) is 5.75 Å². The van der Waals surface area contributed by atoms with Crippen LogP contribution in [0.5, 0.6) is 5.75 Å². The highest BCUT2D eigenvalue weighted by Gasteiger charge is 2.23. The van der Waals surface area contributed by atoms with E-state index in [4.69, 9.17) is 24.5 Å². The summed E-state index contributed by atoms with van der Waals surface area (Å²) in [7, 11) is 1.69. The Bertz CT molecular complexity index is 668. The summed E-state index contributed by atoms with van der Waals surface area (Å²) in [4.78, 5) is 37.2. The number of benzene rings is 1. The molecule has 1 aromatic carbocycles. The Balaban J connectivity index is 0.000000438. The minimum absolute atomic E-state index is 0.311. The Morgan fingerprint density at radius 1 is 0.862 bits per heavy atom. The van der Waals surface area contributed by atoms with Crippen molar-refractivity contribution >= 4 is 17.8 Å². The van der Waals surface area contributed by atoms with Gasteiger partial charge >= 0.3 is 11.9 Å². The number of rotatable bonds is 5. The van der Waals surface area contributed by atoms with Crippen LogP contribution in [0.15, 0.2) is 24.3 Å². The monoisotopic (exact) mass is 407 g/mol. The maximum absolute atomic E-state index is 12.2. The topological polar surface area (TPSA) is 111 Å². The summed E-state index contributed by atoms with van der Waals surface area (Å²) in [6.45, 7) is 7.49. The summed E-state index contributed by atoms with van der Waals surface area (Å²) < 4.78 is 5.20. The molecule has 0 unspecified atom stereocenters. The van der Waals surface area contributed by atoms with E-state index < -0.39 is 11.9 Å². The van der Waals surface area contributed by atoms with Crippen LogP contribution in [0.25, 0.3) is 0 Å². The number of carbonyl (C=O) groups is 3. The maximum atomic E-state index is 12.2. The first kappa shape index (κ1) is 22.6. The lowest BCUT2D eigenvalue weighted by atomic mass is 10.2. The third-order valence-electron chi connectivity index (χ3n) is 5.03. The molecule has 2 saturated heterocycles. The molecule has 9 nitrogen and oxygen atoms in total. The molecule has 0 aromatic heterocycles. The van der Waals surface area contributed by atoms with Crippen LogP contribution in [0.1, 0.15) is 18.4 Å². The molecule has 0 saturated carbocycles. The highest BCUT2D eigenvalue weighted by Crippen LogP contribution is 2.14. The number of nitrogens with zero attached hydrogens (tertiary/aromatic N) is 3. The van der Waals surface area contributed by atoms with E-state index in [1.54, 1.807) is 7.11 Å². The van der Waals surface area contributed by atoms with Gasteiger partial charge in [-0.2, -0.15) is 0 Å². The number of carboxylic acids is 2. The van der Waals surface area contributed by atoms with Gasteiger partial charge in [-0.15, -0.1) is 0 Å². The van der Waals surface area contributed by atoms with E-state index in [9.17, 15) is 4.79 Å². The van der Waals surface area contributed by atoms with Gasteiger partial charge in [0.05, 0.1) is 13.7 Å². The second-order valence-corrected chi connectivity index (χ2v) is 7.10. The number of hydrogen-bond acceptors (Lipinski definition) is 6. The van der Waals surface area contributed by atoms with Crippen molar-refractivity contribution in [2.45, 2.75) is 19.4 Å². The third-order valence-corrected chi connectivity index (χ3v) is 5.03. The second kappa shape index (κ2) is 11.4. The number of hydrogen-bond donors (Lipinski definition) is 2. The van der Waals surface area contributed by atoms with Gasteiger partial charge in [-0.1, -0.05) is 12.1 Å². The molecule has 160 valence electrons. The first-order valence-corrected chi connectivity index (χ1v) is 9.70. The Hall–Kier alpha value is -2.65. The third kappa shape index (κ3) is 7.71. The van der Waals surface area contributed by atoms with E-state index >= 15 is 0 Å². The largest absolute Gasteiger partial charge is 0.497 e. The number of aliphatic carboxylic acids is 2. The predicted molar refractivity (Wildman–Crippen MR) is 106 cm³/mol. The number of amides is 1. The Kier molecular flexibility index (Phi) is 8.88. The number of piperazine rings is 1. The molecule has 0 atom stereocenters. The van der Waals surface area contributed by atoms with Crippen molar-refractivity contribution in [3.05, 3.63) is 29.8 Å². The fraction of sp³-hybridized carbons (Fsp3) is 0.550. The van der Waals surface area contributed by atoms with E-state index in [0.29, 0.717) is 12.5 Å². The summed E-state index contributed by atoms with van der Waals surface area (Å²) in [6, 6.07) is 8.28. The van der Waals surface area contributed by atoms with Gasteiger partial charge in [-0.3, -0.25) is 14.6 Å². The van der Waals surface area contributed by atoms with Crippen molar-refractivity contribution in [3.63, 3.8) is 0 Å². The van der Waals surface area contributed by atoms with Gasteiger partial charge in [0.15, 0.2) is 0 Å². The summed E-state index contributed by atoms with van der Waals surface area (Å²) in [5.74, 6) is -2.44. The lowest BCUT2D eigenvalue weighted by Gasteiger charge is -2.35. The number of methoxy groups -OCH3 is 1. The van der Waals surface area contributed by atoms with Gasteiger partial charge in [0.1, 0.15) is 5.75 Å². The van der Waals surface area contributed by atoms with Crippen molar-refractivity contribution in [1.29, 1.82) is 0 Å². The van der Waals surface area contributed by atoms with E-state index in [-0.39, 0.29) is 0 Å². The first-order valence-electron chi connectivity index (χ1n) is 9.70. The quantitative estimate of drug-likeness (QED) is 0.683. The van der Waals surface area contributed by atoms with Crippen LogP contribution in [0, 0.1) is 0 Å². The molecule has 2 heterocycles. The minimum Gasteiger partial charge on any atom is -0.497 e. The summed E-state index contributed by atoms with van der Waals surface area (Å²) in [6.07, 6.45) is 2.34. The molecular formula is C20H29N3O6. The summed E-state index contributed by atoms with van der Waals surface area (Å²) in [5.41, 5.74) is 1.31. The van der Waals surface area contributed by atoms with E-state index in [2.05, 4.69) is 21.9 Å². The average Bonchev–Trinajstić information content (AvgIpc) is 3.25. The second-order valence-electron chi connectivity index (χ2n) is 7.10. The van der Waals surface area contributed by atoms with Crippen LogP contribution in [0.2, 0.25) is 0 Å². The lowest BCUT2D eigenvalue weighted by Crippen LogP contribution is -2.49. The van der Waals surface area contributed by atoms with Crippen molar-refractivity contribution in [2.24, 2.45) is 0 Å². The molecule has 1 amide bonds. The van der Waals surface area contributed by atoms with Gasteiger partial charge in [0, 0.05) is 45.8 Å². The summed E-state index contributed by atoms with van der Waals surface area (Å²) >= 11 is 0. The van der Waals surface area contributed by atoms with Gasteiger partial charge in [-0.25, -0.2) is 9.59 Å². The van der Waals surface area contributed by atoms with Gasteiger partial charge in [0.2, 0.25) is 5.91 Å². The first-order chi connectivity index (χ1) is 13.9. The van der Waals surface area contributed by atoms with Crippen LogP contribution in [0.3, 0.4) is 0 Å². The van der Waals surface area contributed by atoms with Crippen LogP contribution in [-0.2, 0) is 20.9 Å². The molecule has 2 N–H and O–H groups in total. The normalized spacial score (nSPS) is 17.3. The van der Waals surface area contributed by atoms with Crippen LogP contribution < -0.4 is 4.74 Å². The standard InChI is InChI=1S/C18H27N3O2.C2H2O4/c1-23-17-6-4-16(5-7-17)14-19-10-12-20(13-11-19)15-18(22)21-8-2-3-9-21;3-1(4)2(5)6/h4-7H,2-3,8-15H2,1H3;(H,3,4)(H,5,6). The zero-order valence-corrected chi connectivity index (χ0v) is 16.7. The number of ether oxygens (including phenoxy) is 1. The molecule has 2 fully saturated rings. The molecule has 29 heavy (non-hydrogen) atoms. The molecule has 9 heteroatoms. The SMILES string of the molecule is COc1ccc(CN2CCN(CC(=O)N3CCCC3)CC2)cc1.O=C(O)C(=O)O. The molecule has 0 aliphatic carbocycles. The fourth-order valence-corrected chi connectivity index (χ4v) is 3.35. The average molecular weight is 407 g/mol. The molecule has 1 aromatic rings. The lowest BCUT2D eigenvalue weighted by molar-refractivity contribution is -0.159. The molecular weight excluding hydrogens is 378 g/mol. The predicted octanol–water partition coefficient (Wildman–Crippen LogP) is 0.591. The van der Waals surface area contributed by atoms with Crippen LogP contribution in [-0.4, -0.2) is 95.7 Å². The number of likely N-dealkylation sites (tertiary alicyclic amines) is 1.